The summed E-state index contributed by atoms with van der Waals surface area (Å²) in [6.07, 6.45) is 0.773. The van der Waals surface area contributed by atoms with Crippen LogP contribution in [0.4, 0.5) is 4.79 Å². The third-order valence-electron chi connectivity index (χ3n) is 4.27. The van der Waals surface area contributed by atoms with Crippen molar-refractivity contribution < 1.29 is 33.3 Å². The Morgan fingerprint density at radius 2 is 1.74 bits per heavy atom. The molecule has 0 unspecified atom stereocenters. The van der Waals surface area contributed by atoms with Gasteiger partial charge in [0.05, 0.1) is 12.0 Å². The molecule has 1 aliphatic rings. The highest BCUT2D eigenvalue weighted by molar-refractivity contribution is 5.73. The zero-order chi connectivity index (χ0) is 19.5. The minimum Gasteiger partial charge on any atom is -0.445 e. The predicted molar refractivity (Wildman–Crippen MR) is 95.6 cm³/mol. The molecule has 1 aromatic rings. The monoisotopic (exact) mass is 381 g/mol. The molecule has 1 amide bonds. The van der Waals surface area contributed by atoms with Gasteiger partial charge < -0.3 is 29.0 Å². The van der Waals surface area contributed by atoms with Crippen LogP contribution in [0, 0.1) is 5.92 Å². The van der Waals surface area contributed by atoms with Crippen LogP contribution < -0.4 is 5.32 Å². The Kier molecular flexibility index (Phi) is 9.03. The van der Waals surface area contributed by atoms with E-state index in [-0.39, 0.29) is 38.3 Å². The zero-order valence-corrected chi connectivity index (χ0v) is 15.7. The third-order valence-corrected chi connectivity index (χ3v) is 4.27. The van der Waals surface area contributed by atoms with E-state index in [1.807, 2.05) is 30.3 Å². The maximum atomic E-state index is 12.2. The smallest absolute Gasteiger partial charge is 0.407 e. The molecule has 0 saturated heterocycles. The second kappa shape index (κ2) is 11.5. The fourth-order valence-corrected chi connectivity index (χ4v) is 3.04. The molecule has 8 nitrogen and oxygen atoms in total. The van der Waals surface area contributed by atoms with Crippen LogP contribution in [0.15, 0.2) is 30.3 Å². The normalized spacial score (nSPS) is 22.1. The summed E-state index contributed by atoms with van der Waals surface area (Å²) >= 11 is 0. The Morgan fingerprint density at radius 3 is 2.44 bits per heavy atom. The quantitative estimate of drug-likeness (QED) is 0.518. The number of carbonyl (C=O) groups is 2. The van der Waals surface area contributed by atoms with Crippen molar-refractivity contribution in [3.05, 3.63) is 35.9 Å². The molecule has 2 rings (SSSR count). The van der Waals surface area contributed by atoms with Crippen molar-refractivity contribution in [2.75, 3.05) is 27.8 Å². The summed E-state index contributed by atoms with van der Waals surface area (Å²) in [4.78, 5) is 24.3. The van der Waals surface area contributed by atoms with Crippen LogP contribution in [0.5, 0.6) is 0 Å². The summed E-state index contributed by atoms with van der Waals surface area (Å²) in [7, 11) is 2.98. The standard InChI is InChI=1S/C19H27NO7/c1-23-12-26-17-9-15(18(21)27-13-24-2)8-16(10-17)20-19(22)25-11-14-6-4-3-5-7-14/h3-7,15-17H,8-13H2,1-2H3,(H,20,22)/t15-,16+,17-/m0/s1. The lowest BCUT2D eigenvalue weighted by molar-refractivity contribution is -0.164. The van der Waals surface area contributed by atoms with Gasteiger partial charge in [-0.2, -0.15) is 0 Å². The number of carbonyl (C=O) groups excluding carboxylic acids is 2. The molecule has 0 radical (unpaired) electrons. The highest BCUT2D eigenvalue weighted by Gasteiger charge is 2.35. The number of alkyl carbamates (subject to hydrolysis) is 1. The van der Waals surface area contributed by atoms with Gasteiger partial charge in [-0.1, -0.05) is 30.3 Å². The molecule has 1 aliphatic carbocycles. The number of ether oxygens (including phenoxy) is 5. The van der Waals surface area contributed by atoms with Gasteiger partial charge >= 0.3 is 12.1 Å². The lowest BCUT2D eigenvalue weighted by Crippen LogP contribution is -2.45. The molecular formula is C19H27NO7. The number of methoxy groups -OCH3 is 2. The first-order valence-electron chi connectivity index (χ1n) is 8.85. The van der Waals surface area contributed by atoms with E-state index in [4.69, 9.17) is 23.7 Å². The summed E-state index contributed by atoms with van der Waals surface area (Å²) in [6, 6.07) is 9.16. The van der Waals surface area contributed by atoms with E-state index in [2.05, 4.69) is 5.32 Å². The van der Waals surface area contributed by atoms with Gasteiger partial charge in [-0.25, -0.2) is 4.79 Å². The fourth-order valence-electron chi connectivity index (χ4n) is 3.04. The Labute approximate surface area is 159 Å². The number of amides is 1. The van der Waals surface area contributed by atoms with Gasteiger partial charge in [0.25, 0.3) is 0 Å². The van der Waals surface area contributed by atoms with Gasteiger partial charge in [-0.15, -0.1) is 0 Å². The van der Waals surface area contributed by atoms with Crippen molar-refractivity contribution in [2.24, 2.45) is 5.92 Å². The van der Waals surface area contributed by atoms with Crippen LogP contribution in [0.2, 0.25) is 0 Å². The lowest BCUT2D eigenvalue weighted by atomic mass is 9.84. The van der Waals surface area contributed by atoms with Gasteiger partial charge in [0, 0.05) is 20.3 Å². The first-order chi connectivity index (χ1) is 13.1. The summed E-state index contributed by atoms with van der Waals surface area (Å²) < 4.78 is 25.6. The Bertz CT molecular complexity index is 581. The van der Waals surface area contributed by atoms with Crippen molar-refractivity contribution in [1.82, 2.24) is 5.32 Å². The average molecular weight is 381 g/mol. The van der Waals surface area contributed by atoms with Gasteiger partial charge in [-0.3, -0.25) is 4.79 Å². The summed E-state index contributed by atoms with van der Waals surface area (Å²) in [6.45, 7) is 0.203. The summed E-state index contributed by atoms with van der Waals surface area (Å²) in [5.74, 6) is -0.762. The summed E-state index contributed by atoms with van der Waals surface area (Å²) in [5, 5.41) is 2.82. The van der Waals surface area contributed by atoms with Crippen LogP contribution in [-0.4, -0.2) is 52.0 Å². The van der Waals surface area contributed by atoms with E-state index in [0.717, 1.165) is 5.56 Å². The molecule has 1 N–H and O–H groups in total. The Hall–Kier alpha value is -2.16. The number of hydrogen-bond donors (Lipinski definition) is 1. The minimum atomic E-state index is -0.528. The van der Waals surface area contributed by atoms with Gasteiger partial charge in [-0.05, 0) is 24.8 Å². The zero-order valence-electron chi connectivity index (χ0n) is 15.7. The molecule has 0 aromatic heterocycles. The number of hydrogen-bond acceptors (Lipinski definition) is 7. The van der Waals surface area contributed by atoms with Gasteiger partial charge in [0.1, 0.15) is 13.4 Å². The molecule has 1 saturated carbocycles. The predicted octanol–water partition coefficient (Wildman–Crippen LogP) is 2.22. The Morgan fingerprint density at radius 1 is 1.00 bits per heavy atom. The third kappa shape index (κ3) is 7.54. The van der Waals surface area contributed by atoms with Gasteiger partial charge in [0.2, 0.25) is 0 Å². The lowest BCUT2D eigenvalue weighted by Gasteiger charge is -2.33. The van der Waals surface area contributed by atoms with Crippen LogP contribution >= 0.6 is 0 Å². The van der Waals surface area contributed by atoms with Crippen molar-refractivity contribution in [2.45, 2.75) is 38.0 Å². The highest BCUT2D eigenvalue weighted by Crippen LogP contribution is 2.28. The van der Waals surface area contributed by atoms with E-state index >= 15 is 0 Å². The topological polar surface area (TPSA) is 92.3 Å². The maximum Gasteiger partial charge on any atom is 0.407 e. The van der Waals surface area contributed by atoms with Gasteiger partial charge in [0.15, 0.2) is 6.79 Å². The second-order valence-electron chi connectivity index (χ2n) is 6.37. The number of nitrogens with one attached hydrogen (secondary N) is 1. The second-order valence-corrected chi connectivity index (χ2v) is 6.37. The molecule has 150 valence electrons. The minimum absolute atomic E-state index is 0.101. The van der Waals surface area contributed by atoms with Crippen molar-refractivity contribution in [3.63, 3.8) is 0 Å². The molecule has 0 heterocycles. The molecular weight excluding hydrogens is 354 g/mol. The van der Waals surface area contributed by atoms with Crippen molar-refractivity contribution >= 4 is 12.1 Å². The van der Waals surface area contributed by atoms with E-state index in [0.29, 0.717) is 19.3 Å². The largest absolute Gasteiger partial charge is 0.445 e. The van der Waals surface area contributed by atoms with Crippen molar-refractivity contribution in [1.29, 1.82) is 0 Å². The number of esters is 1. The fraction of sp³-hybridized carbons (Fsp3) is 0.579. The molecule has 0 bridgehead atoms. The first kappa shape index (κ1) is 21.1. The van der Waals surface area contributed by atoms with Crippen LogP contribution in [0.3, 0.4) is 0 Å². The van der Waals surface area contributed by atoms with Crippen LogP contribution in [0.25, 0.3) is 0 Å². The first-order valence-corrected chi connectivity index (χ1v) is 8.85. The SMILES string of the molecule is COCOC(=O)[C@H]1C[C@@H](NC(=O)OCc2ccccc2)C[C@@H](OCOC)C1. The molecule has 0 aliphatic heterocycles. The molecule has 0 spiro atoms. The molecule has 1 aromatic carbocycles. The van der Waals surface area contributed by atoms with E-state index in [1.165, 1.54) is 14.2 Å². The highest BCUT2D eigenvalue weighted by atomic mass is 16.7. The Balaban J connectivity index is 1.87. The van der Waals surface area contributed by atoms with E-state index in [1.54, 1.807) is 0 Å². The number of rotatable bonds is 9. The molecule has 1 fully saturated rings. The van der Waals surface area contributed by atoms with Crippen LogP contribution in [0.1, 0.15) is 24.8 Å². The van der Waals surface area contributed by atoms with Crippen molar-refractivity contribution in [3.8, 4) is 0 Å². The molecule has 27 heavy (non-hydrogen) atoms. The summed E-state index contributed by atoms with van der Waals surface area (Å²) in [5.41, 5.74) is 0.901. The van der Waals surface area contributed by atoms with Crippen LogP contribution in [-0.2, 0) is 35.1 Å². The number of benzene rings is 1. The molecule has 3 atom stereocenters. The van der Waals surface area contributed by atoms with E-state index < -0.39 is 12.0 Å². The van der Waals surface area contributed by atoms with E-state index in [9.17, 15) is 9.59 Å². The maximum absolute atomic E-state index is 12.2. The molecule has 8 heteroatoms. The average Bonchev–Trinajstić information content (AvgIpc) is 2.69.